The van der Waals surface area contributed by atoms with Crippen molar-refractivity contribution in [3.8, 4) is 5.75 Å². The predicted octanol–water partition coefficient (Wildman–Crippen LogP) is 4.24. The van der Waals surface area contributed by atoms with Gasteiger partial charge in [0.15, 0.2) is 11.6 Å². The van der Waals surface area contributed by atoms with Crippen LogP contribution in [0.4, 0.5) is 4.39 Å². The molecule has 1 N–H and O–H groups in total. The number of hydrogen-bond donors (Lipinski definition) is 1. The molecule has 0 aliphatic heterocycles. The molecule has 1 atom stereocenters. The Morgan fingerprint density at radius 2 is 1.90 bits per heavy atom. The van der Waals surface area contributed by atoms with E-state index in [0.29, 0.717) is 10.0 Å². The first kappa shape index (κ1) is 15.0. The zero-order chi connectivity index (χ0) is 14.7. The van der Waals surface area contributed by atoms with Crippen molar-refractivity contribution in [1.29, 1.82) is 0 Å². The minimum absolute atomic E-state index is 0.118. The molecular weight excluding hydrogens is 323 g/mol. The van der Waals surface area contributed by atoms with Crippen molar-refractivity contribution < 1.29 is 14.2 Å². The van der Waals surface area contributed by atoms with Crippen LogP contribution >= 0.6 is 15.9 Å². The maximum Gasteiger partial charge on any atom is 0.166 e. The van der Waals surface area contributed by atoms with Crippen molar-refractivity contribution in [3.63, 3.8) is 0 Å². The molecule has 0 bridgehead atoms. The average molecular weight is 339 g/mol. The Hall–Kier alpha value is -1.39. The van der Waals surface area contributed by atoms with E-state index in [0.717, 1.165) is 12.0 Å². The first-order chi connectivity index (χ1) is 9.56. The van der Waals surface area contributed by atoms with E-state index in [4.69, 9.17) is 4.74 Å². The highest BCUT2D eigenvalue weighted by Crippen LogP contribution is 2.33. The Morgan fingerprint density at radius 3 is 2.45 bits per heavy atom. The number of ether oxygens (including phenoxy) is 1. The van der Waals surface area contributed by atoms with Crippen molar-refractivity contribution in [3.05, 3.63) is 63.4 Å². The van der Waals surface area contributed by atoms with Gasteiger partial charge in [-0.05, 0) is 29.7 Å². The van der Waals surface area contributed by atoms with E-state index < -0.39 is 11.9 Å². The van der Waals surface area contributed by atoms with Crippen LogP contribution in [0.25, 0.3) is 0 Å². The second-order valence-electron chi connectivity index (χ2n) is 4.51. The summed E-state index contributed by atoms with van der Waals surface area (Å²) < 4.78 is 19.0. The Bertz CT molecular complexity index is 596. The number of aliphatic hydroxyl groups excluding tert-OH is 1. The van der Waals surface area contributed by atoms with E-state index >= 15 is 0 Å². The van der Waals surface area contributed by atoms with Crippen molar-refractivity contribution in [1.82, 2.24) is 0 Å². The maximum absolute atomic E-state index is 13.6. The largest absolute Gasteiger partial charge is 0.494 e. The fourth-order valence-corrected chi connectivity index (χ4v) is 2.56. The molecular formula is C16H16BrFO2. The molecule has 106 valence electrons. The molecule has 0 saturated carbocycles. The minimum Gasteiger partial charge on any atom is -0.494 e. The number of benzene rings is 2. The summed E-state index contributed by atoms with van der Waals surface area (Å²) in [6.45, 7) is 2.08. The molecule has 0 spiro atoms. The molecule has 0 aromatic heterocycles. The van der Waals surface area contributed by atoms with Gasteiger partial charge in [-0.2, -0.15) is 0 Å². The predicted molar refractivity (Wildman–Crippen MR) is 80.5 cm³/mol. The summed E-state index contributed by atoms with van der Waals surface area (Å²) in [6, 6.07) is 10.5. The monoisotopic (exact) mass is 338 g/mol. The molecule has 2 aromatic carbocycles. The van der Waals surface area contributed by atoms with Crippen molar-refractivity contribution in [2.75, 3.05) is 7.11 Å². The standard InChI is InChI=1S/C16H16BrFO2/c1-3-10-4-6-11(7-5-10)16(19)12-8-15(20-2)14(18)9-13(12)17/h4-9,16,19H,3H2,1-2H3. The number of aliphatic hydroxyl groups is 1. The van der Waals surface area contributed by atoms with E-state index in [2.05, 4.69) is 22.9 Å². The molecule has 0 amide bonds. The molecule has 2 aromatic rings. The van der Waals surface area contributed by atoms with Crippen LogP contribution < -0.4 is 4.74 Å². The lowest BCUT2D eigenvalue weighted by molar-refractivity contribution is 0.218. The normalized spacial score (nSPS) is 12.2. The lowest BCUT2D eigenvalue weighted by Gasteiger charge is -2.15. The van der Waals surface area contributed by atoms with Gasteiger partial charge in [-0.3, -0.25) is 0 Å². The van der Waals surface area contributed by atoms with Crippen LogP contribution in [-0.4, -0.2) is 12.2 Å². The van der Waals surface area contributed by atoms with E-state index in [1.165, 1.54) is 24.8 Å². The topological polar surface area (TPSA) is 29.5 Å². The Labute approximate surface area is 126 Å². The fraction of sp³-hybridized carbons (Fsp3) is 0.250. The third-order valence-corrected chi connectivity index (χ3v) is 3.96. The molecule has 2 rings (SSSR count). The second kappa shape index (κ2) is 6.37. The van der Waals surface area contributed by atoms with Gasteiger partial charge in [0.1, 0.15) is 6.10 Å². The smallest absolute Gasteiger partial charge is 0.166 e. The van der Waals surface area contributed by atoms with Crippen LogP contribution in [0, 0.1) is 5.82 Å². The first-order valence-electron chi connectivity index (χ1n) is 6.36. The molecule has 2 nitrogen and oxygen atoms in total. The van der Waals surface area contributed by atoms with Gasteiger partial charge in [-0.1, -0.05) is 47.1 Å². The van der Waals surface area contributed by atoms with Crippen LogP contribution in [0.15, 0.2) is 40.9 Å². The summed E-state index contributed by atoms with van der Waals surface area (Å²) in [7, 11) is 1.40. The summed E-state index contributed by atoms with van der Waals surface area (Å²) >= 11 is 3.28. The molecule has 0 saturated heterocycles. The van der Waals surface area contributed by atoms with Gasteiger partial charge in [-0.25, -0.2) is 4.39 Å². The van der Waals surface area contributed by atoms with Crippen LogP contribution in [0.5, 0.6) is 5.75 Å². The van der Waals surface area contributed by atoms with Crippen molar-refractivity contribution in [2.45, 2.75) is 19.4 Å². The second-order valence-corrected chi connectivity index (χ2v) is 5.36. The van der Waals surface area contributed by atoms with E-state index in [1.54, 1.807) is 0 Å². The first-order valence-corrected chi connectivity index (χ1v) is 7.16. The lowest BCUT2D eigenvalue weighted by Crippen LogP contribution is -2.02. The number of rotatable bonds is 4. The highest BCUT2D eigenvalue weighted by molar-refractivity contribution is 9.10. The van der Waals surface area contributed by atoms with Crippen LogP contribution in [0.3, 0.4) is 0 Å². The van der Waals surface area contributed by atoms with Gasteiger partial charge in [0.2, 0.25) is 0 Å². The summed E-state index contributed by atoms with van der Waals surface area (Å²) in [6.07, 6.45) is 0.120. The van der Waals surface area contributed by atoms with Gasteiger partial charge in [-0.15, -0.1) is 0 Å². The zero-order valence-electron chi connectivity index (χ0n) is 11.4. The molecule has 0 aliphatic rings. The quantitative estimate of drug-likeness (QED) is 0.903. The van der Waals surface area contributed by atoms with E-state index in [-0.39, 0.29) is 5.75 Å². The maximum atomic E-state index is 13.6. The van der Waals surface area contributed by atoms with Gasteiger partial charge >= 0.3 is 0 Å². The van der Waals surface area contributed by atoms with Crippen LogP contribution in [-0.2, 0) is 6.42 Å². The van der Waals surface area contributed by atoms with Gasteiger partial charge in [0.05, 0.1) is 7.11 Å². The van der Waals surface area contributed by atoms with Gasteiger partial charge in [0.25, 0.3) is 0 Å². The van der Waals surface area contributed by atoms with Crippen LogP contribution in [0.2, 0.25) is 0 Å². The highest BCUT2D eigenvalue weighted by atomic mass is 79.9. The lowest BCUT2D eigenvalue weighted by atomic mass is 9.99. The Morgan fingerprint density at radius 1 is 1.25 bits per heavy atom. The Balaban J connectivity index is 2.38. The minimum atomic E-state index is -0.829. The number of aryl methyl sites for hydroxylation is 1. The summed E-state index contributed by atoms with van der Waals surface area (Å²) in [4.78, 5) is 0. The fourth-order valence-electron chi connectivity index (χ4n) is 2.03. The molecule has 0 radical (unpaired) electrons. The van der Waals surface area contributed by atoms with Gasteiger partial charge < -0.3 is 9.84 Å². The molecule has 4 heteroatoms. The number of methoxy groups -OCH3 is 1. The molecule has 0 aliphatic carbocycles. The Kier molecular flexibility index (Phi) is 4.78. The SMILES string of the molecule is CCc1ccc(C(O)c2cc(OC)c(F)cc2Br)cc1. The van der Waals surface area contributed by atoms with E-state index in [9.17, 15) is 9.50 Å². The highest BCUT2D eigenvalue weighted by Gasteiger charge is 2.17. The summed E-state index contributed by atoms with van der Waals surface area (Å²) in [5.41, 5.74) is 2.54. The third-order valence-electron chi connectivity index (χ3n) is 3.27. The number of hydrogen-bond acceptors (Lipinski definition) is 2. The summed E-state index contributed by atoms with van der Waals surface area (Å²) in [5.74, 6) is -0.343. The molecule has 0 fully saturated rings. The molecule has 20 heavy (non-hydrogen) atoms. The number of halogens is 2. The molecule has 1 unspecified atom stereocenters. The van der Waals surface area contributed by atoms with Crippen molar-refractivity contribution >= 4 is 15.9 Å². The van der Waals surface area contributed by atoms with E-state index in [1.807, 2.05) is 24.3 Å². The molecule has 0 heterocycles. The van der Waals surface area contributed by atoms with Crippen molar-refractivity contribution in [2.24, 2.45) is 0 Å². The van der Waals surface area contributed by atoms with Gasteiger partial charge in [0, 0.05) is 10.0 Å². The summed E-state index contributed by atoms with van der Waals surface area (Å²) in [5, 5.41) is 10.4. The third kappa shape index (κ3) is 3.02. The van der Waals surface area contributed by atoms with Crippen LogP contribution in [0.1, 0.15) is 29.7 Å². The zero-order valence-corrected chi connectivity index (χ0v) is 12.9. The average Bonchev–Trinajstić information content (AvgIpc) is 2.47.